The molecule has 0 aliphatic carbocycles. The van der Waals surface area contributed by atoms with Gasteiger partial charge in [0.2, 0.25) is 0 Å². The van der Waals surface area contributed by atoms with Crippen LogP contribution in [0.3, 0.4) is 0 Å². The fourth-order valence-corrected chi connectivity index (χ4v) is 2.87. The molecule has 0 aromatic heterocycles. The first-order valence-electron chi connectivity index (χ1n) is 5.64. The van der Waals surface area contributed by atoms with Gasteiger partial charge in [-0.3, -0.25) is 14.8 Å². The lowest BCUT2D eigenvalue weighted by Gasteiger charge is -2.09. The Morgan fingerprint density at radius 2 is 1.64 bits per heavy atom. The van der Waals surface area contributed by atoms with Gasteiger partial charge in [-0.1, -0.05) is 12.1 Å². The van der Waals surface area contributed by atoms with E-state index in [0.29, 0.717) is 12.1 Å². The lowest BCUT2D eigenvalue weighted by molar-refractivity contribution is -0.387. The summed E-state index contributed by atoms with van der Waals surface area (Å²) in [5.41, 5.74) is -1.60. The van der Waals surface area contributed by atoms with E-state index in [2.05, 4.69) is 0 Å². The number of rotatable bonds is 4. The van der Waals surface area contributed by atoms with Gasteiger partial charge in [0.05, 0.1) is 10.6 Å². The molecular weight excluding hydrogens is 325 g/mol. The van der Waals surface area contributed by atoms with Gasteiger partial charge in [0, 0.05) is 6.07 Å². The fraction of sp³-hybridized carbons (Fsp3) is 0. The molecular formula is C12H7F3N2O4S. The van der Waals surface area contributed by atoms with E-state index < -0.39 is 48.7 Å². The van der Waals surface area contributed by atoms with Crippen LogP contribution >= 0.6 is 0 Å². The first kappa shape index (κ1) is 15.8. The maximum Gasteiger partial charge on any atom is 0.289 e. The first-order chi connectivity index (χ1) is 10.2. The van der Waals surface area contributed by atoms with E-state index >= 15 is 0 Å². The molecule has 0 aliphatic rings. The predicted octanol–water partition coefficient (Wildman–Crippen LogP) is 2.81. The van der Waals surface area contributed by atoms with Crippen molar-refractivity contribution in [3.8, 4) is 0 Å². The monoisotopic (exact) mass is 332 g/mol. The zero-order valence-electron chi connectivity index (χ0n) is 10.6. The second kappa shape index (κ2) is 5.64. The summed E-state index contributed by atoms with van der Waals surface area (Å²) in [6, 6.07) is 5.53. The van der Waals surface area contributed by atoms with Crippen LogP contribution in [-0.2, 0) is 10.0 Å². The van der Waals surface area contributed by atoms with Crippen LogP contribution in [0.5, 0.6) is 0 Å². The van der Waals surface area contributed by atoms with Gasteiger partial charge in [-0.05, 0) is 18.2 Å². The molecule has 0 saturated heterocycles. The molecule has 116 valence electrons. The van der Waals surface area contributed by atoms with Crippen molar-refractivity contribution in [1.29, 1.82) is 0 Å². The van der Waals surface area contributed by atoms with E-state index in [1.54, 1.807) is 4.72 Å². The summed E-state index contributed by atoms with van der Waals surface area (Å²) in [4.78, 5) is 9.15. The van der Waals surface area contributed by atoms with Crippen molar-refractivity contribution < 1.29 is 26.5 Å². The molecule has 6 nitrogen and oxygen atoms in total. The summed E-state index contributed by atoms with van der Waals surface area (Å²) in [5, 5.41) is 10.8. The average Bonchev–Trinajstić information content (AvgIpc) is 2.48. The fourth-order valence-electron chi connectivity index (χ4n) is 1.64. The van der Waals surface area contributed by atoms with Crippen molar-refractivity contribution in [1.82, 2.24) is 0 Å². The Hall–Kier alpha value is -2.62. The summed E-state index contributed by atoms with van der Waals surface area (Å²) < 4.78 is 65.2. The summed E-state index contributed by atoms with van der Waals surface area (Å²) >= 11 is 0. The number of sulfonamides is 1. The topological polar surface area (TPSA) is 89.3 Å². The van der Waals surface area contributed by atoms with E-state index in [9.17, 15) is 31.7 Å². The third kappa shape index (κ3) is 2.86. The minimum absolute atomic E-state index is 0.523. The summed E-state index contributed by atoms with van der Waals surface area (Å²) in [6.45, 7) is 0. The molecule has 0 unspecified atom stereocenters. The molecule has 0 heterocycles. The maximum atomic E-state index is 13.5. The van der Waals surface area contributed by atoms with Gasteiger partial charge < -0.3 is 0 Å². The van der Waals surface area contributed by atoms with Gasteiger partial charge in [0.25, 0.3) is 15.7 Å². The van der Waals surface area contributed by atoms with Gasteiger partial charge >= 0.3 is 0 Å². The van der Waals surface area contributed by atoms with Crippen LogP contribution in [0.4, 0.5) is 24.5 Å². The highest BCUT2D eigenvalue weighted by atomic mass is 32.2. The van der Waals surface area contributed by atoms with Crippen molar-refractivity contribution in [3.63, 3.8) is 0 Å². The number of halogens is 3. The van der Waals surface area contributed by atoms with Crippen LogP contribution in [0.2, 0.25) is 0 Å². The van der Waals surface area contributed by atoms with Crippen LogP contribution in [-0.4, -0.2) is 13.3 Å². The van der Waals surface area contributed by atoms with Crippen LogP contribution < -0.4 is 4.72 Å². The van der Waals surface area contributed by atoms with Crippen LogP contribution in [0.25, 0.3) is 0 Å². The molecule has 0 saturated carbocycles. The molecule has 0 amide bonds. The number of nitro groups is 1. The second-order valence-electron chi connectivity index (χ2n) is 4.05. The minimum Gasteiger partial charge on any atom is -0.276 e. The van der Waals surface area contributed by atoms with Crippen LogP contribution in [0, 0.1) is 27.6 Å². The predicted molar refractivity (Wildman–Crippen MR) is 70.2 cm³/mol. The Bertz CT molecular complexity index is 855. The molecule has 2 aromatic carbocycles. The minimum atomic E-state index is -4.56. The van der Waals surface area contributed by atoms with E-state index in [-0.39, 0.29) is 0 Å². The van der Waals surface area contributed by atoms with Crippen LogP contribution in [0.1, 0.15) is 0 Å². The summed E-state index contributed by atoms with van der Waals surface area (Å²) in [7, 11) is -4.56. The van der Waals surface area contributed by atoms with Gasteiger partial charge in [-0.15, -0.1) is 0 Å². The van der Waals surface area contributed by atoms with Crippen molar-refractivity contribution in [3.05, 3.63) is 64.0 Å². The van der Waals surface area contributed by atoms with E-state index in [4.69, 9.17) is 0 Å². The Labute approximate surface area is 122 Å². The molecule has 0 bridgehead atoms. The molecule has 0 fully saturated rings. The van der Waals surface area contributed by atoms with Crippen molar-refractivity contribution in [2.45, 2.75) is 4.90 Å². The molecule has 1 N–H and O–H groups in total. The number of nitrogens with one attached hydrogen (secondary N) is 1. The first-order valence-corrected chi connectivity index (χ1v) is 7.12. The Kier molecular flexibility index (Phi) is 4.04. The summed E-state index contributed by atoms with van der Waals surface area (Å²) in [5.74, 6) is -5.10. The van der Waals surface area contributed by atoms with Crippen molar-refractivity contribution in [2.24, 2.45) is 0 Å². The average molecular weight is 332 g/mol. The highest BCUT2D eigenvalue weighted by Crippen LogP contribution is 2.27. The number of hydrogen-bond acceptors (Lipinski definition) is 4. The summed E-state index contributed by atoms with van der Waals surface area (Å²) in [6.07, 6.45) is 0. The Balaban J connectivity index is 2.50. The maximum absolute atomic E-state index is 13.5. The zero-order chi connectivity index (χ0) is 16.5. The van der Waals surface area contributed by atoms with Crippen LogP contribution in [0.15, 0.2) is 41.3 Å². The molecule has 22 heavy (non-hydrogen) atoms. The van der Waals surface area contributed by atoms with Gasteiger partial charge in [0.15, 0.2) is 22.3 Å². The quantitative estimate of drug-likeness (QED) is 0.530. The Morgan fingerprint density at radius 1 is 1.00 bits per heavy atom. The molecule has 2 rings (SSSR count). The molecule has 10 heteroatoms. The smallest absolute Gasteiger partial charge is 0.276 e. The number of nitrogens with zero attached hydrogens (tertiary/aromatic N) is 1. The Morgan fingerprint density at radius 3 is 2.27 bits per heavy atom. The highest BCUT2D eigenvalue weighted by Gasteiger charge is 2.27. The number of hydrogen-bond donors (Lipinski definition) is 1. The second-order valence-corrected chi connectivity index (χ2v) is 5.70. The van der Waals surface area contributed by atoms with Gasteiger partial charge in [-0.2, -0.15) is 0 Å². The molecule has 0 aliphatic heterocycles. The third-order valence-corrected chi connectivity index (χ3v) is 4.04. The van der Waals surface area contributed by atoms with Crippen molar-refractivity contribution >= 4 is 21.4 Å². The largest absolute Gasteiger partial charge is 0.289 e. The van der Waals surface area contributed by atoms with Crippen molar-refractivity contribution in [2.75, 3.05) is 4.72 Å². The van der Waals surface area contributed by atoms with Gasteiger partial charge in [-0.25, -0.2) is 21.6 Å². The molecule has 0 atom stereocenters. The standard InChI is InChI=1S/C12H7F3N2O4S/c13-7-5-6-8(12(15)11(7)14)16-22(20,21)10-4-2-1-3-9(10)17(18)19/h1-6,16H. The third-order valence-electron chi connectivity index (χ3n) is 2.63. The number of benzene rings is 2. The van der Waals surface area contributed by atoms with E-state index in [1.807, 2.05) is 0 Å². The van der Waals surface area contributed by atoms with Gasteiger partial charge in [0.1, 0.15) is 0 Å². The number of nitro benzene ring substituents is 1. The molecule has 0 radical (unpaired) electrons. The zero-order valence-corrected chi connectivity index (χ0v) is 11.4. The molecule has 0 spiro atoms. The van der Waals surface area contributed by atoms with E-state index in [1.165, 1.54) is 12.1 Å². The highest BCUT2D eigenvalue weighted by molar-refractivity contribution is 7.92. The SMILES string of the molecule is O=[N+]([O-])c1ccccc1S(=O)(=O)Nc1ccc(F)c(F)c1F. The molecule has 2 aromatic rings. The lowest BCUT2D eigenvalue weighted by atomic mass is 10.3. The normalized spacial score (nSPS) is 11.2. The number of anilines is 1. The number of para-hydroxylation sites is 1. The van der Waals surface area contributed by atoms with E-state index in [0.717, 1.165) is 12.1 Å². The lowest BCUT2D eigenvalue weighted by Crippen LogP contribution is -2.16.